The lowest BCUT2D eigenvalue weighted by atomic mass is 10.1. The Balaban J connectivity index is 2.97. The summed E-state index contributed by atoms with van der Waals surface area (Å²) in [4.78, 5) is 0. The Hall–Kier alpha value is -0.560. The Morgan fingerprint density at radius 2 is 1.42 bits per heavy atom. The minimum absolute atomic E-state index is 0.134. The van der Waals surface area contributed by atoms with Gasteiger partial charge in [-0.25, -0.2) is 0 Å². The van der Waals surface area contributed by atoms with E-state index in [4.69, 9.17) is 14.6 Å². The Kier molecular flexibility index (Phi) is 16.9. The zero-order valence-electron chi connectivity index (χ0n) is 12.5. The van der Waals surface area contributed by atoms with Gasteiger partial charge in [0.2, 0.25) is 0 Å². The van der Waals surface area contributed by atoms with E-state index >= 15 is 0 Å². The molecule has 0 bridgehead atoms. The highest BCUT2D eigenvalue weighted by atomic mass is 16.7. The molecule has 3 heteroatoms. The quantitative estimate of drug-likeness (QED) is 0.316. The maximum Gasteiger partial charge on any atom is 0.146 e. The third-order valence-electron chi connectivity index (χ3n) is 2.79. The van der Waals surface area contributed by atoms with E-state index in [0.29, 0.717) is 26.2 Å². The Bertz CT molecular complexity index is 218. The first kappa shape index (κ1) is 18.4. The second-order valence-corrected chi connectivity index (χ2v) is 4.63. The Labute approximate surface area is 118 Å². The van der Waals surface area contributed by atoms with E-state index in [9.17, 15) is 0 Å². The molecule has 0 aliphatic carbocycles. The molecule has 0 aromatic carbocycles. The van der Waals surface area contributed by atoms with Crippen molar-refractivity contribution in [2.75, 3.05) is 26.6 Å². The van der Waals surface area contributed by atoms with E-state index in [1.54, 1.807) is 0 Å². The first-order valence-electron chi connectivity index (χ1n) is 7.64. The van der Waals surface area contributed by atoms with Crippen LogP contribution < -0.4 is 0 Å². The summed E-state index contributed by atoms with van der Waals surface area (Å²) < 4.78 is 10.7. The highest BCUT2D eigenvalue weighted by Gasteiger charge is 1.92. The fourth-order valence-corrected chi connectivity index (χ4v) is 1.69. The highest BCUT2D eigenvalue weighted by molar-refractivity contribution is 4.98. The van der Waals surface area contributed by atoms with Gasteiger partial charge in [0.05, 0.1) is 13.2 Å². The van der Waals surface area contributed by atoms with Crippen molar-refractivity contribution in [1.82, 2.24) is 0 Å². The van der Waals surface area contributed by atoms with Gasteiger partial charge in [0, 0.05) is 19.4 Å². The average Bonchev–Trinajstić information content (AvgIpc) is 2.43. The summed E-state index contributed by atoms with van der Waals surface area (Å²) in [6.07, 6.45) is 10.4. The second-order valence-electron chi connectivity index (χ2n) is 4.63. The van der Waals surface area contributed by atoms with Crippen molar-refractivity contribution in [3.63, 3.8) is 0 Å². The summed E-state index contributed by atoms with van der Waals surface area (Å²) >= 11 is 0. The Morgan fingerprint density at radius 3 is 2.16 bits per heavy atom. The molecule has 19 heavy (non-hydrogen) atoms. The monoisotopic (exact) mass is 270 g/mol. The molecule has 0 atom stereocenters. The molecule has 0 aliphatic heterocycles. The van der Waals surface area contributed by atoms with E-state index in [-0.39, 0.29) is 6.61 Å². The number of unbranched alkanes of at least 4 members (excludes halogenated alkanes) is 6. The second kappa shape index (κ2) is 17.4. The SMILES string of the molecule is CCCCCCCCCOCOCCC#CCCO. The van der Waals surface area contributed by atoms with E-state index < -0.39 is 0 Å². The van der Waals surface area contributed by atoms with Crippen LogP contribution in [0.5, 0.6) is 0 Å². The third kappa shape index (κ3) is 17.4. The van der Waals surface area contributed by atoms with Gasteiger partial charge in [-0.2, -0.15) is 0 Å². The molecule has 0 unspecified atom stereocenters. The first-order chi connectivity index (χ1) is 9.41. The summed E-state index contributed by atoms with van der Waals surface area (Å²) in [6.45, 7) is 4.15. The smallest absolute Gasteiger partial charge is 0.146 e. The predicted molar refractivity (Wildman–Crippen MR) is 78.9 cm³/mol. The summed E-state index contributed by atoms with van der Waals surface area (Å²) in [5.41, 5.74) is 0. The van der Waals surface area contributed by atoms with Crippen molar-refractivity contribution < 1.29 is 14.6 Å². The lowest BCUT2D eigenvalue weighted by Gasteiger charge is -2.04. The molecular weight excluding hydrogens is 240 g/mol. The van der Waals surface area contributed by atoms with Gasteiger partial charge in [-0.1, -0.05) is 45.4 Å². The molecule has 0 aliphatic rings. The van der Waals surface area contributed by atoms with Gasteiger partial charge in [-0.3, -0.25) is 0 Å². The topological polar surface area (TPSA) is 38.7 Å². The van der Waals surface area contributed by atoms with Crippen molar-refractivity contribution in [1.29, 1.82) is 0 Å². The van der Waals surface area contributed by atoms with Crippen LogP contribution in [0.2, 0.25) is 0 Å². The molecule has 0 radical (unpaired) electrons. The normalized spacial score (nSPS) is 10.2. The molecule has 1 N–H and O–H groups in total. The van der Waals surface area contributed by atoms with Crippen LogP contribution in [0.4, 0.5) is 0 Å². The Morgan fingerprint density at radius 1 is 0.789 bits per heavy atom. The van der Waals surface area contributed by atoms with Crippen molar-refractivity contribution in [3.05, 3.63) is 0 Å². The van der Waals surface area contributed by atoms with Crippen LogP contribution in [0.1, 0.15) is 64.7 Å². The lowest BCUT2D eigenvalue weighted by Crippen LogP contribution is -2.02. The maximum absolute atomic E-state index is 8.52. The molecule has 0 amide bonds. The van der Waals surface area contributed by atoms with Gasteiger partial charge < -0.3 is 14.6 Å². The van der Waals surface area contributed by atoms with Crippen LogP contribution in [0.25, 0.3) is 0 Å². The lowest BCUT2D eigenvalue weighted by molar-refractivity contribution is -0.0527. The van der Waals surface area contributed by atoms with Gasteiger partial charge in [0.15, 0.2) is 0 Å². The van der Waals surface area contributed by atoms with E-state index in [0.717, 1.165) is 13.0 Å². The fraction of sp³-hybridized carbons (Fsp3) is 0.875. The van der Waals surface area contributed by atoms with E-state index in [2.05, 4.69) is 18.8 Å². The van der Waals surface area contributed by atoms with Gasteiger partial charge in [-0.05, 0) is 6.42 Å². The summed E-state index contributed by atoms with van der Waals surface area (Å²) in [7, 11) is 0. The summed E-state index contributed by atoms with van der Waals surface area (Å²) in [5.74, 6) is 5.79. The van der Waals surface area contributed by atoms with Crippen molar-refractivity contribution in [3.8, 4) is 11.8 Å². The number of rotatable bonds is 13. The van der Waals surface area contributed by atoms with Gasteiger partial charge in [-0.15, -0.1) is 11.8 Å². The van der Waals surface area contributed by atoms with Gasteiger partial charge in [0.1, 0.15) is 6.79 Å². The van der Waals surface area contributed by atoms with Crippen LogP contribution in [-0.4, -0.2) is 31.7 Å². The van der Waals surface area contributed by atoms with Gasteiger partial charge in [0.25, 0.3) is 0 Å². The number of hydrogen-bond acceptors (Lipinski definition) is 3. The maximum atomic E-state index is 8.52. The van der Waals surface area contributed by atoms with Crippen LogP contribution in [0.15, 0.2) is 0 Å². The van der Waals surface area contributed by atoms with Crippen molar-refractivity contribution >= 4 is 0 Å². The number of aliphatic hydroxyl groups excluding tert-OH is 1. The van der Waals surface area contributed by atoms with Crippen molar-refractivity contribution in [2.45, 2.75) is 64.7 Å². The zero-order chi connectivity index (χ0) is 14.0. The molecule has 0 rings (SSSR count). The number of hydrogen-bond donors (Lipinski definition) is 1. The molecule has 0 heterocycles. The minimum Gasteiger partial charge on any atom is -0.395 e. The molecule has 112 valence electrons. The summed E-state index contributed by atoms with van der Waals surface area (Å²) in [6, 6.07) is 0. The fourth-order valence-electron chi connectivity index (χ4n) is 1.69. The van der Waals surface area contributed by atoms with Crippen LogP contribution in [0.3, 0.4) is 0 Å². The molecule has 0 aromatic rings. The van der Waals surface area contributed by atoms with Crippen LogP contribution in [-0.2, 0) is 9.47 Å². The highest BCUT2D eigenvalue weighted by Crippen LogP contribution is 2.06. The molecule has 0 aromatic heterocycles. The van der Waals surface area contributed by atoms with E-state index in [1.165, 1.54) is 38.5 Å². The molecule has 0 fully saturated rings. The van der Waals surface area contributed by atoms with Gasteiger partial charge >= 0.3 is 0 Å². The number of ether oxygens (including phenoxy) is 2. The average molecular weight is 270 g/mol. The largest absolute Gasteiger partial charge is 0.395 e. The number of aliphatic hydroxyl groups is 1. The predicted octanol–water partition coefficient (Wildman–Crippen LogP) is 3.50. The third-order valence-corrected chi connectivity index (χ3v) is 2.79. The molecular formula is C16H30O3. The standard InChI is InChI=1S/C16H30O3/c1-2-3-4-5-6-8-11-14-18-16-19-15-12-9-7-10-13-17/h17H,2-6,8,10-16H2,1H3. The first-order valence-corrected chi connectivity index (χ1v) is 7.64. The minimum atomic E-state index is 0.134. The molecule has 3 nitrogen and oxygen atoms in total. The van der Waals surface area contributed by atoms with E-state index in [1.807, 2.05) is 0 Å². The molecule has 0 saturated heterocycles. The molecule has 0 saturated carbocycles. The molecule has 0 spiro atoms. The van der Waals surface area contributed by atoms with Crippen LogP contribution >= 0.6 is 0 Å². The van der Waals surface area contributed by atoms with Crippen LogP contribution in [0, 0.1) is 11.8 Å². The summed E-state index contributed by atoms with van der Waals surface area (Å²) in [5, 5.41) is 8.52. The zero-order valence-corrected chi connectivity index (χ0v) is 12.5. The van der Waals surface area contributed by atoms with Crippen molar-refractivity contribution in [2.24, 2.45) is 0 Å².